The topological polar surface area (TPSA) is 66.7 Å². The second kappa shape index (κ2) is 8.38. The highest BCUT2D eigenvalue weighted by Gasteiger charge is 2.06. The van der Waals surface area contributed by atoms with Crippen molar-refractivity contribution >= 4 is 11.9 Å². The fraction of sp³-hybridized carbons (Fsp3) is 0.263. The molecule has 0 unspecified atom stereocenters. The Bertz CT molecular complexity index is 696. The molecular formula is C19H21N3O2. The molecule has 0 amide bonds. The predicted octanol–water partition coefficient (Wildman–Crippen LogP) is 2.60. The Morgan fingerprint density at radius 1 is 1.21 bits per heavy atom. The van der Waals surface area contributed by atoms with Crippen LogP contribution in [0.2, 0.25) is 0 Å². The van der Waals surface area contributed by atoms with Gasteiger partial charge in [-0.15, -0.1) is 0 Å². The standard InChI is InChI=1S/C19H21N3O2/c23-19(16-3-1-9-20-13-16)14-21-11-12-24-17-7-5-15(6-8-17)18-4-2-10-22-18/h1,3-10,13,19,21,23H,2,11-12,14H2/t19-/m0/s1. The first-order valence-electron chi connectivity index (χ1n) is 8.07. The molecule has 0 saturated carbocycles. The Morgan fingerprint density at radius 2 is 2.08 bits per heavy atom. The lowest BCUT2D eigenvalue weighted by Crippen LogP contribution is -2.26. The molecule has 0 spiro atoms. The molecule has 1 aromatic carbocycles. The van der Waals surface area contributed by atoms with E-state index in [9.17, 15) is 5.11 Å². The van der Waals surface area contributed by atoms with Gasteiger partial charge in [0, 0.05) is 49.2 Å². The van der Waals surface area contributed by atoms with Crippen molar-refractivity contribution in [3.63, 3.8) is 0 Å². The molecule has 5 heteroatoms. The lowest BCUT2D eigenvalue weighted by Gasteiger charge is -2.12. The van der Waals surface area contributed by atoms with Gasteiger partial charge in [-0.2, -0.15) is 0 Å². The molecule has 2 heterocycles. The first-order chi connectivity index (χ1) is 11.8. The van der Waals surface area contributed by atoms with Crippen LogP contribution in [0.5, 0.6) is 5.75 Å². The van der Waals surface area contributed by atoms with E-state index in [2.05, 4.69) is 21.4 Å². The number of aliphatic hydroxyl groups is 1. The van der Waals surface area contributed by atoms with Crippen molar-refractivity contribution < 1.29 is 9.84 Å². The number of ether oxygens (including phenoxy) is 1. The summed E-state index contributed by atoms with van der Waals surface area (Å²) < 4.78 is 5.70. The third kappa shape index (κ3) is 4.50. The maximum absolute atomic E-state index is 10.0. The van der Waals surface area contributed by atoms with Gasteiger partial charge in [0.15, 0.2) is 0 Å². The van der Waals surface area contributed by atoms with E-state index >= 15 is 0 Å². The van der Waals surface area contributed by atoms with Crippen LogP contribution in [-0.4, -0.2) is 36.0 Å². The molecule has 1 aromatic heterocycles. The van der Waals surface area contributed by atoms with E-state index in [1.165, 1.54) is 0 Å². The van der Waals surface area contributed by atoms with E-state index < -0.39 is 6.10 Å². The monoisotopic (exact) mass is 323 g/mol. The Morgan fingerprint density at radius 3 is 2.79 bits per heavy atom. The van der Waals surface area contributed by atoms with Crippen molar-refractivity contribution in [1.82, 2.24) is 10.3 Å². The van der Waals surface area contributed by atoms with E-state index in [1.54, 1.807) is 12.4 Å². The van der Waals surface area contributed by atoms with Crippen LogP contribution < -0.4 is 10.1 Å². The van der Waals surface area contributed by atoms with Crippen LogP contribution in [0.1, 0.15) is 23.7 Å². The van der Waals surface area contributed by atoms with Gasteiger partial charge >= 0.3 is 0 Å². The van der Waals surface area contributed by atoms with E-state index in [1.807, 2.05) is 42.6 Å². The van der Waals surface area contributed by atoms with Crippen molar-refractivity contribution in [2.45, 2.75) is 12.5 Å². The summed E-state index contributed by atoms with van der Waals surface area (Å²) in [6, 6.07) is 11.6. The number of allylic oxidation sites excluding steroid dienone is 1. The summed E-state index contributed by atoms with van der Waals surface area (Å²) in [7, 11) is 0. The van der Waals surface area contributed by atoms with Gasteiger partial charge in [-0.05, 0) is 30.3 Å². The van der Waals surface area contributed by atoms with Gasteiger partial charge in [-0.25, -0.2) is 0 Å². The third-order valence-corrected chi connectivity index (χ3v) is 3.75. The molecule has 0 fully saturated rings. The summed E-state index contributed by atoms with van der Waals surface area (Å²) in [6.07, 6.45) is 7.73. The number of rotatable bonds is 8. The minimum Gasteiger partial charge on any atom is -0.492 e. The van der Waals surface area contributed by atoms with Crippen molar-refractivity contribution in [2.75, 3.05) is 19.7 Å². The Kier molecular flexibility index (Phi) is 5.71. The largest absolute Gasteiger partial charge is 0.492 e. The van der Waals surface area contributed by atoms with Crippen LogP contribution in [0.25, 0.3) is 5.70 Å². The molecule has 3 rings (SSSR count). The molecule has 1 aliphatic rings. The van der Waals surface area contributed by atoms with Crippen molar-refractivity contribution in [2.24, 2.45) is 4.99 Å². The second-order valence-corrected chi connectivity index (χ2v) is 5.52. The van der Waals surface area contributed by atoms with Gasteiger partial charge in [-0.3, -0.25) is 9.98 Å². The Labute approximate surface area is 141 Å². The number of aliphatic imine (C=N–C) groups is 1. The molecular weight excluding hydrogens is 302 g/mol. The molecule has 0 radical (unpaired) electrons. The third-order valence-electron chi connectivity index (χ3n) is 3.75. The van der Waals surface area contributed by atoms with Gasteiger partial charge < -0.3 is 15.2 Å². The van der Waals surface area contributed by atoms with E-state index in [-0.39, 0.29) is 0 Å². The number of hydrogen-bond donors (Lipinski definition) is 2. The van der Waals surface area contributed by atoms with Crippen LogP contribution in [0, 0.1) is 0 Å². The smallest absolute Gasteiger partial charge is 0.119 e. The molecule has 0 bridgehead atoms. The summed E-state index contributed by atoms with van der Waals surface area (Å²) in [6.45, 7) is 1.68. The average Bonchev–Trinajstić information content (AvgIpc) is 3.17. The maximum Gasteiger partial charge on any atom is 0.119 e. The van der Waals surface area contributed by atoms with E-state index in [4.69, 9.17) is 4.74 Å². The van der Waals surface area contributed by atoms with Gasteiger partial charge in [0.2, 0.25) is 0 Å². The van der Waals surface area contributed by atoms with Crippen LogP contribution in [0.4, 0.5) is 0 Å². The zero-order chi connectivity index (χ0) is 16.6. The van der Waals surface area contributed by atoms with Gasteiger partial charge in [0.25, 0.3) is 0 Å². The quantitative estimate of drug-likeness (QED) is 0.733. The lowest BCUT2D eigenvalue weighted by molar-refractivity contribution is 0.171. The average molecular weight is 323 g/mol. The molecule has 1 aliphatic heterocycles. The maximum atomic E-state index is 10.0. The Hall–Kier alpha value is -2.50. The normalized spacial score (nSPS) is 14.5. The van der Waals surface area contributed by atoms with Crippen LogP contribution in [0.3, 0.4) is 0 Å². The first kappa shape index (κ1) is 16.4. The van der Waals surface area contributed by atoms with Crippen LogP contribution >= 0.6 is 0 Å². The van der Waals surface area contributed by atoms with Crippen molar-refractivity contribution in [3.05, 3.63) is 66.0 Å². The highest BCUT2D eigenvalue weighted by Crippen LogP contribution is 2.22. The molecule has 5 nitrogen and oxygen atoms in total. The van der Waals surface area contributed by atoms with Crippen molar-refractivity contribution in [1.29, 1.82) is 0 Å². The molecule has 1 atom stereocenters. The highest BCUT2D eigenvalue weighted by molar-refractivity contribution is 5.81. The fourth-order valence-corrected chi connectivity index (χ4v) is 2.45. The first-order valence-corrected chi connectivity index (χ1v) is 8.07. The summed E-state index contributed by atoms with van der Waals surface area (Å²) in [4.78, 5) is 8.32. The van der Waals surface area contributed by atoms with Crippen LogP contribution in [-0.2, 0) is 0 Å². The van der Waals surface area contributed by atoms with E-state index in [0.717, 1.165) is 29.0 Å². The number of benzene rings is 1. The summed E-state index contributed by atoms with van der Waals surface area (Å²) in [5, 5.41) is 13.2. The number of nitrogens with zero attached hydrogens (tertiary/aromatic N) is 2. The molecule has 0 saturated heterocycles. The zero-order valence-electron chi connectivity index (χ0n) is 13.4. The Balaban J connectivity index is 1.37. The van der Waals surface area contributed by atoms with Gasteiger partial charge in [-0.1, -0.05) is 12.1 Å². The SMILES string of the molecule is O[C@@H](CNCCOc1ccc(C2=CCC=N2)cc1)c1cccnc1. The molecule has 0 aliphatic carbocycles. The van der Waals surface area contributed by atoms with Crippen LogP contribution in [0.15, 0.2) is 59.9 Å². The summed E-state index contributed by atoms with van der Waals surface area (Å²) >= 11 is 0. The minimum atomic E-state index is -0.557. The number of hydrogen-bond acceptors (Lipinski definition) is 5. The number of aromatic nitrogens is 1. The fourth-order valence-electron chi connectivity index (χ4n) is 2.45. The van der Waals surface area contributed by atoms with Gasteiger partial charge in [0.1, 0.15) is 12.4 Å². The second-order valence-electron chi connectivity index (χ2n) is 5.52. The highest BCUT2D eigenvalue weighted by atomic mass is 16.5. The van der Waals surface area contributed by atoms with E-state index in [0.29, 0.717) is 19.7 Å². The van der Waals surface area contributed by atoms with Gasteiger partial charge in [0.05, 0.1) is 11.8 Å². The molecule has 2 N–H and O–H groups in total. The minimum absolute atomic E-state index is 0.472. The lowest BCUT2D eigenvalue weighted by atomic mass is 10.1. The molecule has 24 heavy (non-hydrogen) atoms. The van der Waals surface area contributed by atoms with Crippen molar-refractivity contribution in [3.8, 4) is 5.75 Å². The zero-order valence-corrected chi connectivity index (χ0v) is 13.4. The number of pyridine rings is 1. The molecule has 2 aromatic rings. The summed E-state index contributed by atoms with van der Waals surface area (Å²) in [5.74, 6) is 0.830. The summed E-state index contributed by atoms with van der Waals surface area (Å²) in [5.41, 5.74) is 2.94. The number of aliphatic hydroxyl groups excluding tert-OH is 1. The molecule has 124 valence electrons. The number of nitrogens with one attached hydrogen (secondary N) is 1. The predicted molar refractivity (Wildman–Crippen MR) is 95.1 cm³/mol.